The van der Waals surface area contributed by atoms with Gasteiger partial charge in [0.1, 0.15) is 0 Å². The van der Waals surface area contributed by atoms with Crippen molar-refractivity contribution >= 4 is 5.91 Å². The molecule has 4 nitrogen and oxygen atoms in total. The summed E-state index contributed by atoms with van der Waals surface area (Å²) in [6.07, 6.45) is 0.939. The van der Waals surface area contributed by atoms with Crippen LogP contribution in [0.2, 0.25) is 0 Å². The quantitative estimate of drug-likeness (QED) is 0.647. The molecular formula is C10H22N2O2. The number of hydrogen-bond donors (Lipinski definition) is 2. The van der Waals surface area contributed by atoms with Crippen molar-refractivity contribution in [3.05, 3.63) is 0 Å². The predicted molar refractivity (Wildman–Crippen MR) is 57.1 cm³/mol. The van der Waals surface area contributed by atoms with Crippen LogP contribution in [-0.2, 0) is 4.79 Å². The summed E-state index contributed by atoms with van der Waals surface area (Å²) in [5, 5.41) is 11.4. The second-order valence-corrected chi connectivity index (χ2v) is 4.31. The van der Waals surface area contributed by atoms with Crippen molar-refractivity contribution in [3.8, 4) is 0 Å². The molecule has 0 aromatic heterocycles. The Bertz CT molecular complexity index is 179. The zero-order valence-corrected chi connectivity index (χ0v) is 9.63. The number of nitrogens with zero attached hydrogens (tertiary/aromatic N) is 1. The highest BCUT2D eigenvalue weighted by Crippen LogP contribution is 2.07. The van der Waals surface area contributed by atoms with Crippen molar-refractivity contribution in [2.75, 3.05) is 27.2 Å². The van der Waals surface area contributed by atoms with E-state index in [1.165, 1.54) is 0 Å². The molecule has 0 fully saturated rings. The van der Waals surface area contributed by atoms with Gasteiger partial charge in [0.15, 0.2) is 0 Å². The van der Waals surface area contributed by atoms with Crippen LogP contribution in [0.15, 0.2) is 0 Å². The smallest absolute Gasteiger partial charge is 0.220 e. The van der Waals surface area contributed by atoms with E-state index in [1.54, 1.807) is 0 Å². The molecule has 84 valence electrons. The first kappa shape index (κ1) is 13.4. The number of likely N-dealkylation sites (N-methyl/N-ethyl adjacent to an activating group) is 1. The maximum absolute atomic E-state index is 11.2. The Kier molecular flexibility index (Phi) is 5.72. The fraction of sp³-hybridized carbons (Fsp3) is 0.900. The van der Waals surface area contributed by atoms with E-state index in [0.717, 1.165) is 0 Å². The number of aliphatic hydroxyl groups excluding tert-OH is 1. The Morgan fingerprint density at radius 1 is 1.43 bits per heavy atom. The number of aliphatic hydroxyl groups is 1. The van der Waals surface area contributed by atoms with Crippen molar-refractivity contribution in [2.45, 2.75) is 32.2 Å². The van der Waals surface area contributed by atoms with Gasteiger partial charge >= 0.3 is 0 Å². The first-order valence-corrected chi connectivity index (χ1v) is 4.95. The molecule has 0 aliphatic heterocycles. The normalized spacial score (nSPS) is 11.9. The van der Waals surface area contributed by atoms with Crippen LogP contribution in [0, 0.1) is 0 Å². The minimum Gasteiger partial charge on any atom is -0.396 e. The highest BCUT2D eigenvalue weighted by molar-refractivity contribution is 5.75. The van der Waals surface area contributed by atoms with Crippen LogP contribution < -0.4 is 5.32 Å². The molecule has 0 aromatic rings. The molecule has 0 rings (SSSR count). The van der Waals surface area contributed by atoms with Crippen LogP contribution in [0.4, 0.5) is 0 Å². The minimum absolute atomic E-state index is 0.00831. The number of nitrogens with one attached hydrogen (secondary N) is 1. The first-order chi connectivity index (χ1) is 6.40. The molecule has 14 heavy (non-hydrogen) atoms. The summed E-state index contributed by atoms with van der Waals surface area (Å²) in [6.45, 7) is 4.84. The van der Waals surface area contributed by atoms with E-state index >= 15 is 0 Å². The van der Waals surface area contributed by atoms with Gasteiger partial charge in [-0.15, -0.1) is 0 Å². The molecule has 0 unspecified atom stereocenters. The Morgan fingerprint density at radius 3 is 2.43 bits per heavy atom. The number of rotatable bonds is 6. The van der Waals surface area contributed by atoms with Crippen LogP contribution in [0.25, 0.3) is 0 Å². The van der Waals surface area contributed by atoms with Gasteiger partial charge in [-0.05, 0) is 34.4 Å². The van der Waals surface area contributed by atoms with Gasteiger partial charge in [0, 0.05) is 25.1 Å². The molecule has 2 N–H and O–H groups in total. The fourth-order valence-electron chi connectivity index (χ4n) is 0.801. The minimum atomic E-state index is -0.0329. The molecule has 0 saturated carbocycles. The van der Waals surface area contributed by atoms with Crippen LogP contribution >= 0.6 is 0 Å². The molecule has 0 radical (unpaired) electrons. The van der Waals surface area contributed by atoms with Crippen molar-refractivity contribution in [1.82, 2.24) is 10.2 Å². The van der Waals surface area contributed by atoms with E-state index in [4.69, 9.17) is 5.11 Å². The standard InChI is InChI=1S/C10H22N2O2/c1-10(2,12(3)4)8-11-9(14)6-5-7-13/h13H,5-8H2,1-4H3,(H,11,14). The van der Waals surface area contributed by atoms with E-state index < -0.39 is 0 Å². The number of hydrogen-bond acceptors (Lipinski definition) is 3. The Labute approximate surface area is 86.3 Å². The molecule has 0 saturated heterocycles. The third-order valence-electron chi connectivity index (χ3n) is 2.49. The third-order valence-corrected chi connectivity index (χ3v) is 2.49. The SMILES string of the molecule is CN(C)C(C)(C)CNC(=O)CCCO. The van der Waals surface area contributed by atoms with Crippen molar-refractivity contribution < 1.29 is 9.90 Å². The van der Waals surface area contributed by atoms with Gasteiger partial charge in [-0.1, -0.05) is 0 Å². The Hall–Kier alpha value is -0.610. The van der Waals surface area contributed by atoms with E-state index in [1.807, 2.05) is 14.1 Å². The van der Waals surface area contributed by atoms with Gasteiger partial charge in [0.05, 0.1) is 0 Å². The summed E-state index contributed by atoms with van der Waals surface area (Å²) in [5.41, 5.74) is -0.0329. The summed E-state index contributed by atoms with van der Waals surface area (Å²) < 4.78 is 0. The van der Waals surface area contributed by atoms with E-state index in [9.17, 15) is 4.79 Å². The summed E-state index contributed by atoms with van der Waals surface area (Å²) >= 11 is 0. The number of carbonyl (C=O) groups excluding carboxylic acids is 1. The highest BCUT2D eigenvalue weighted by Gasteiger charge is 2.20. The number of amides is 1. The van der Waals surface area contributed by atoms with Gasteiger partial charge < -0.3 is 15.3 Å². The molecular weight excluding hydrogens is 180 g/mol. The van der Waals surface area contributed by atoms with Crippen molar-refractivity contribution in [2.24, 2.45) is 0 Å². The van der Waals surface area contributed by atoms with Crippen LogP contribution in [-0.4, -0.2) is 48.7 Å². The van der Waals surface area contributed by atoms with Gasteiger partial charge in [-0.25, -0.2) is 0 Å². The average molecular weight is 202 g/mol. The lowest BCUT2D eigenvalue weighted by Crippen LogP contribution is -2.48. The van der Waals surface area contributed by atoms with Gasteiger partial charge in [0.25, 0.3) is 0 Å². The zero-order chi connectivity index (χ0) is 11.2. The van der Waals surface area contributed by atoms with E-state index in [2.05, 4.69) is 24.1 Å². The highest BCUT2D eigenvalue weighted by atomic mass is 16.3. The first-order valence-electron chi connectivity index (χ1n) is 4.95. The number of carbonyl (C=O) groups is 1. The largest absolute Gasteiger partial charge is 0.396 e. The molecule has 0 aromatic carbocycles. The lowest BCUT2D eigenvalue weighted by molar-refractivity contribution is -0.121. The maximum atomic E-state index is 11.2. The van der Waals surface area contributed by atoms with Gasteiger partial charge in [0.2, 0.25) is 5.91 Å². The molecule has 0 heterocycles. The van der Waals surface area contributed by atoms with Gasteiger partial charge in [-0.3, -0.25) is 4.79 Å². The monoisotopic (exact) mass is 202 g/mol. The van der Waals surface area contributed by atoms with E-state index in [0.29, 0.717) is 19.4 Å². The molecule has 0 spiro atoms. The predicted octanol–water partition coefficient (Wildman–Crippen LogP) is 0.215. The van der Waals surface area contributed by atoms with Crippen LogP contribution in [0.3, 0.4) is 0 Å². The lowest BCUT2D eigenvalue weighted by Gasteiger charge is -2.32. The summed E-state index contributed by atoms with van der Waals surface area (Å²) in [4.78, 5) is 13.3. The Balaban J connectivity index is 3.76. The Morgan fingerprint density at radius 2 is 2.00 bits per heavy atom. The average Bonchev–Trinajstić information content (AvgIpc) is 2.11. The van der Waals surface area contributed by atoms with Gasteiger partial charge in [-0.2, -0.15) is 0 Å². The zero-order valence-electron chi connectivity index (χ0n) is 9.63. The topological polar surface area (TPSA) is 52.6 Å². The van der Waals surface area contributed by atoms with Crippen LogP contribution in [0.5, 0.6) is 0 Å². The summed E-state index contributed by atoms with van der Waals surface area (Å²) in [6, 6.07) is 0. The molecule has 4 heteroatoms. The third kappa shape index (κ3) is 5.19. The summed E-state index contributed by atoms with van der Waals surface area (Å²) in [5.74, 6) is 0.00831. The lowest BCUT2D eigenvalue weighted by atomic mass is 10.0. The molecule has 0 aliphatic rings. The second-order valence-electron chi connectivity index (χ2n) is 4.31. The molecule has 0 aliphatic carbocycles. The van der Waals surface area contributed by atoms with Crippen molar-refractivity contribution in [3.63, 3.8) is 0 Å². The fourth-order valence-corrected chi connectivity index (χ4v) is 0.801. The van der Waals surface area contributed by atoms with E-state index in [-0.39, 0.29) is 18.1 Å². The maximum Gasteiger partial charge on any atom is 0.220 e. The molecule has 1 amide bonds. The van der Waals surface area contributed by atoms with Crippen LogP contribution in [0.1, 0.15) is 26.7 Å². The van der Waals surface area contributed by atoms with Crippen molar-refractivity contribution in [1.29, 1.82) is 0 Å². The molecule has 0 bridgehead atoms. The second kappa shape index (κ2) is 5.98. The summed E-state index contributed by atoms with van der Waals surface area (Å²) in [7, 11) is 3.97. The molecule has 0 atom stereocenters.